The van der Waals surface area contributed by atoms with Gasteiger partial charge in [-0.05, 0) is 73.3 Å². The maximum atomic E-state index is 6.52. The summed E-state index contributed by atoms with van der Waals surface area (Å²) in [6.07, 6.45) is 0. The van der Waals surface area contributed by atoms with Gasteiger partial charge in [0.25, 0.3) is 0 Å². The molecule has 7 aromatic rings. The van der Waals surface area contributed by atoms with E-state index < -0.39 is 0 Å². The maximum absolute atomic E-state index is 6.52. The van der Waals surface area contributed by atoms with Crippen molar-refractivity contribution in [2.24, 2.45) is 0 Å². The highest BCUT2D eigenvalue weighted by atomic mass is 16.5. The molecule has 0 fully saturated rings. The lowest BCUT2D eigenvalue weighted by atomic mass is 9.88. The first-order valence-electron chi connectivity index (χ1n) is 13.4. The molecule has 0 radical (unpaired) electrons. The molecule has 0 saturated carbocycles. The summed E-state index contributed by atoms with van der Waals surface area (Å²) in [6, 6.07) is 52.0. The van der Waals surface area contributed by atoms with E-state index in [4.69, 9.17) is 4.74 Å². The lowest BCUT2D eigenvalue weighted by Crippen LogP contribution is -1.98. The first-order chi connectivity index (χ1) is 19.3. The van der Waals surface area contributed by atoms with E-state index in [1.165, 1.54) is 54.9 Å². The highest BCUT2D eigenvalue weighted by Crippen LogP contribution is 2.49. The second-order valence-corrected chi connectivity index (χ2v) is 10.1. The van der Waals surface area contributed by atoms with Crippen molar-refractivity contribution in [1.29, 1.82) is 0 Å². The van der Waals surface area contributed by atoms with Crippen molar-refractivity contribution >= 4 is 21.5 Å². The minimum Gasteiger partial charge on any atom is -0.456 e. The summed E-state index contributed by atoms with van der Waals surface area (Å²) < 4.78 is 6.52. The molecule has 0 N–H and O–H groups in total. The van der Waals surface area contributed by atoms with Crippen LogP contribution in [0.5, 0.6) is 11.5 Å². The van der Waals surface area contributed by atoms with Gasteiger partial charge in [-0.25, -0.2) is 0 Å². The van der Waals surface area contributed by atoms with Crippen LogP contribution in [0.4, 0.5) is 0 Å². The van der Waals surface area contributed by atoms with Gasteiger partial charge in [0, 0.05) is 10.9 Å². The lowest BCUT2D eigenvalue weighted by molar-refractivity contribution is 0.487. The Morgan fingerprint density at radius 2 is 0.949 bits per heavy atom. The van der Waals surface area contributed by atoms with Gasteiger partial charge in [0.2, 0.25) is 0 Å². The van der Waals surface area contributed by atoms with Crippen LogP contribution in [0.1, 0.15) is 0 Å². The fraction of sp³-hybridized carbons (Fsp3) is 0. The summed E-state index contributed by atoms with van der Waals surface area (Å²) in [5.74, 6) is 1.82. The normalized spacial score (nSPS) is 11.8. The summed E-state index contributed by atoms with van der Waals surface area (Å²) in [5.41, 5.74) is 9.61. The first-order valence-corrected chi connectivity index (χ1v) is 13.4. The molecule has 1 aliphatic heterocycles. The Morgan fingerprint density at radius 3 is 1.79 bits per heavy atom. The number of benzene rings is 7. The van der Waals surface area contributed by atoms with E-state index in [0.29, 0.717) is 0 Å². The Labute approximate surface area is 227 Å². The number of ether oxygens (including phenoxy) is 1. The van der Waals surface area contributed by atoms with Gasteiger partial charge in [0.05, 0.1) is 0 Å². The second-order valence-electron chi connectivity index (χ2n) is 10.1. The molecule has 1 heteroatoms. The van der Waals surface area contributed by atoms with E-state index in [-0.39, 0.29) is 0 Å². The Morgan fingerprint density at radius 1 is 0.333 bits per heavy atom. The third-order valence-electron chi connectivity index (χ3n) is 7.90. The molecule has 0 atom stereocenters. The van der Waals surface area contributed by atoms with Gasteiger partial charge < -0.3 is 4.74 Å². The quantitative estimate of drug-likeness (QED) is 0.236. The molecule has 0 aromatic heterocycles. The van der Waals surface area contributed by atoms with E-state index in [2.05, 4.69) is 140 Å². The van der Waals surface area contributed by atoms with Gasteiger partial charge >= 0.3 is 0 Å². The Kier molecular flexibility index (Phi) is 4.89. The molecular weight excluding hydrogens is 472 g/mol. The van der Waals surface area contributed by atoms with Gasteiger partial charge in [-0.15, -0.1) is 0 Å². The number of fused-ring (bicyclic) bond motifs is 3. The number of hydrogen-bond donors (Lipinski definition) is 0. The van der Waals surface area contributed by atoms with Crippen molar-refractivity contribution in [2.45, 2.75) is 0 Å². The lowest BCUT2D eigenvalue weighted by Gasteiger charge is -2.23. The summed E-state index contributed by atoms with van der Waals surface area (Å²) in [4.78, 5) is 0. The monoisotopic (exact) mass is 496 g/mol. The van der Waals surface area contributed by atoms with E-state index in [1.807, 2.05) is 6.07 Å². The molecule has 182 valence electrons. The zero-order chi connectivity index (χ0) is 25.8. The van der Waals surface area contributed by atoms with Crippen molar-refractivity contribution in [3.8, 4) is 56.0 Å². The minimum absolute atomic E-state index is 0.906. The van der Waals surface area contributed by atoms with Gasteiger partial charge in [-0.1, -0.05) is 127 Å². The Hall–Kier alpha value is -5.14. The average Bonchev–Trinajstić information content (AvgIpc) is 3.01. The second kappa shape index (κ2) is 8.72. The zero-order valence-corrected chi connectivity index (χ0v) is 21.3. The van der Waals surface area contributed by atoms with E-state index in [1.54, 1.807) is 0 Å². The molecule has 0 saturated heterocycles. The number of hydrogen-bond acceptors (Lipinski definition) is 1. The topological polar surface area (TPSA) is 9.23 Å². The molecule has 0 unspecified atom stereocenters. The fourth-order valence-corrected chi connectivity index (χ4v) is 6.00. The zero-order valence-electron chi connectivity index (χ0n) is 21.3. The van der Waals surface area contributed by atoms with Crippen LogP contribution in [-0.2, 0) is 0 Å². The molecule has 7 aromatic carbocycles. The standard InChI is InChI=1S/C38H24O/c1-2-8-25(9-3-1)29-20-21-33-35-23-22-32(34-14-7-15-36(38(34)35)39-37(33)24-29)28-18-16-27(17-19-28)31-13-6-11-26-10-4-5-12-30(26)31/h1-24H. The minimum atomic E-state index is 0.906. The van der Waals surface area contributed by atoms with Crippen LogP contribution < -0.4 is 4.74 Å². The molecule has 1 heterocycles. The molecule has 0 aliphatic carbocycles. The summed E-state index contributed by atoms with van der Waals surface area (Å²) in [6.45, 7) is 0. The Bertz CT molecular complexity index is 2010. The largest absolute Gasteiger partial charge is 0.456 e. The molecule has 1 nitrogen and oxygen atoms in total. The smallest absolute Gasteiger partial charge is 0.135 e. The van der Waals surface area contributed by atoms with Crippen molar-refractivity contribution in [1.82, 2.24) is 0 Å². The predicted octanol–water partition coefficient (Wildman–Crippen LogP) is 10.8. The van der Waals surface area contributed by atoms with Crippen molar-refractivity contribution in [2.75, 3.05) is 0 Å². The van der Waals surface area contributed by atoms with Crippen LogP contribution in [0.25, 0.3) is 66.1 Å². The van der Waals surface area contributed by atoms with Gasteiger partial charge in [-0.2, -0.15) is 0 Å². The van der Waals surface area contributed by atoms with Crippen LogP contribution in [0.15, 0.2) is 146 Å². The van der Waals surface area contributed by atoms with Crippen LogP contribution in [0.3, 0.4) is 0 Å². The van der Waals surface area contributed by atoms with E-state index in [0.717, 1.165) is 22.6 Å². The molecular formula is C38H24O. The molecule has 8 rings (SSSR count). The van der Waals surface area contributed by atoms with Gasteiger partial charge in [0.15, 0.2) is 0 Å². The fourth-order valence-electron chi connectivity index (χ4n) is 6.00. The SMILES string of the molecule is c1ccc(-c2ccc3c(c2)Oc2cccc4c(-c5ccc(-c6cccc7ccccc67)cc5)ccc-3c24)cc1. The third-order valence-corrected chi connectivity index (χ3v) is 7.90. The van der Waals surface area contributed by atoms with Crippen LogP contribution in [0.2, 0.25) is 0 Å². The molecule has 0 amide bonds. The average molecular weight is 497 g/mol. The first kappa shape index (κ1) is 21.9. The van der Waals surface area contributed by atoms with Crippen LogP contribution in [0, 0.1) is 0 Å². The highest BCUT2D eigenvalue weighted by molar-refractivity contribution is 6.10. The highest BCUT2D eigenvalue weighted by Gasteiger charge is 2.22. The predicted molar refractivity (Wildman–Crippen MR) is 163 cm³/mol. The Balaban J connectivity index is 1.22. The summed E-state index contributed by atoms with van der Waals surface area (Å²) in [5, 5.41) is 4.92. The van der Waals surface area contributed by atoms with Gasteiger partial charge in [-0.3, -0.25) is 0 Å². The third kappa shape index (κ3) is 3.55. The maximum Gasteiger partial charge on any atom is 0.135 e. The summed E-state index contributed by atoms with van der Waals surface area (Å²) in [7, 11) is 0. The molecule has 0 spiro atoms. The van der Waals surface area contributed by atoms with Crippen molar-refractivity contribution < 1.29 is 4.74 Å². The van der Waals surface area contributed by atoms with E-state index >= 15 is 0 Å². The van der Waals surface area contributed by atoms with E-state index in [9.17, 15) is 0 Å². The molecule has 0 bridgehead atoms. The summed E-state index contributed by atoms with van der Waals surface area (Å²) >= 11 is 0. The van der Waals surface area contributed by atoms with Crippen LogP contribution in [-0.4, -0.2) is 0 Å². The van der Waals surface area contributed by atoms with Crippen molar-refractivity contribution in [3.05, 3.63) is 146 Å². The van der Waals surface area contributed by atoms with Gasteiger partial charge in [0.1, 0.15) is 11.5 Å². The van der Waals surface area contributed by atoms with Crippen molar-refractivity contribution in [3.63, 3.8) is 0 Å². The van der Waals surface area contributed by atoms with Crippen LogP contribution >= 0.6 is 0 Å². The number of rotatable bonds is 3. The molecule has 1 aliphatic rings. The molecule has 39 heavy (non-hydrogen) atoms.